The molecule has 0 unspecified atom stereocenters. The van der Waals surface area contributed by atoms with Crippen molar-refractivity contribution < 1.29 is 14.3 Å². The van der Waals surface area contributed by atoms with Crippen LogP contribution in [0.3, 0.4) is 0 Å². The summed E-state index contributed by atoms with van der Waals surface area (Å²) >= 11 is 0. The van der Waals surface area contributed by atoms with Crippen molar-refractivity contribution in [3.8, 4) is 11.5 Å². The van der Waals surface area contributed by atoms with Gasteiger partial charge in [0.15, 0.2) is 0 Å². The lowest BCUT2D eigenvalue weighted by Crippen LogP contribution is -2.25. The molecule has 1 heterocycles. The Kier molecular flexibility index (Phi) is 7.86. The highest BCUT2D eigenvalue weighted by molar-refractivity contribution is 5.85. The van der Waals surface area contributed by atoms with E-state index >= 15 is 0 Å². The topological polar surface area (TPSA) is 38.8 Å². The van der Waals surface area contributed by atoms with Crippen LogP contribution in [0, 0.1) is 6.92 Å². The monoisotopic (exact) mass is 341 g/mol. The van der Waals surface area contributed by atoms with Crippen molar-refractivity contribution in [1.29, 1.82) is 0 Å². The fourth-order valence-electron chi connectivity index (χ4n) is 2.82. The second-order valence-corrected chi connectivity index (χ2v) is 6.30. The summed E-state index contributed by atoms with van der Waals surface area (Å²) in [5, 5.41) is 0. The summed E-state index contributed by atoms with van der Waals surface area (Å²) in [5.74, 6) is 1.52. The molecule has 0 radical (unpaired) electrons. The minimum atomic E-state index is -0.288. The smallest absolute Gasteiger partial charge is 0.308 e. The second-order valence-electron chi connectivity index (χ2n) is 6.30. The number of carbonyl (C=O) groups is 1. The molecule has 0 spiro atoms. The maximum absolute atomic E-state index is 11.2. The van der Waals surface area contributed by atoms with Gasteiger partial charge in [0.1, 0.15) is 18.1 Å². The lowest BCUT2D eigenvalue weighted by molar-refractivity contribution is -0.131. The van der Waals surface area contributed by atoms with Gasteiger partial charge in [0, 0.05) is 19.0 Å². The molecule has 1 saturated heterocycles. The Morgan fingerprint density at radius 2 is 1.87 bits per heavy atom. The molecule has 5 heteroatoms. The summed E-state index contributed by atoms with van der Waals surface area (Å²) in [5.41, 5.74) is 2.01. The zero-order valence-corrected chi connectivity index (χ0v) is 15.4. The third kappa shape index (κ3) is 5.70. The van der Waals surface area contributed by atoms with Crippen molar-refractivity contribution in [2.45, 2.75) is 46.5 Å². The van der Waals surface area contributed by atoms with Crippen LogP contribution in [-0.4, -0.2) is 37.1 Å². The van der Waals surface area contributed by atoms with E-state index < -0.39 is 0 Å². The third-order valence-corrected chi connectivity index (χ3v) is 4.05. The molecule has 0 N–H and O–H groups in total. The van der Waals surface area contributed by atoms with Gasteiger partial charge in [0.05, 0.1) is 0 Å². The van der Waals surface area contributed by atoms with E-state index in [9.17, 15) is 4.79 Å². The van der Waals surface area contributed by atoms with Gasteiger partial charge >= 0.3 is 5.97 Å². The largest absolute Gasteiger partial charge is 0.492 e. The van der Waals surface area contributed by atoms with Gasteiger partial charge in [-0.05, 0) is 56.5 Å². The Labute approximate surface area is 145 Å². The summed E-state index contributed by atoms with van der Waals surface area (Å²) in [6, 6.07) is 3.92. The van der Waals surface area contributed by atoms with Gasteiger partial charge in [-0.3, -0.25) is 9.69 Å². The SMILES string of the molecule is CC(=O)Oc1cc(C)c(OCCN2CCCC2)cc1C(C)C.Cl. The lowest BCUT2D eigenvalue weighted by atomic mass is 10.00. The minimum Gasteiger partial charge on any atom is -0.492 e. The van der Waals surface area contributed by atoms with E-state index in [0.29, 0.717) is 12.4 Å². The fraction of sp³-hybridized carbons (Fsp3) is 0.611. The van der Waals surface area contributed by atoms with Crippen LogP contribution in [0.4, 0.5) is 0 Å². The van der Waals surface area contributed by atoms with Crippen LogP contribution in [0.25, 0.3) is 0 Å². The molecule has 0 saturated carbocycles. The van der Waals surface area contributed by atoms with Gasteiger partial charge in [0.25, 0.3) is 0 Å². The Balaban J connectivity index is 0.00000264. The van der Waals surface area contributed by atoms with Gasteiger partial charge in [-0.15, -0.1) is 12.4 Å². The number of hydrogen-bond donors (Lipinski definition) is 0. The first-order valence-electron chi connectivity index (χ1n) is 8.15. The van der Waals surface area contributed by atoms with Crippen molar-refractivity contribution in [3.63, 3.8) is 0 Å². The molecule has 130 valence electrons. The van der Waals surface area contributed by atoms with E-state index in [2.05, 4.69) is 18.7 Å². The highest BCUT2D eigenvalue weighted by Crippen LogP contribution is 2.33. The summed E-state index contributed by atoms with van der Waals surface area (Å²) in [6.45, 7) is 11.6. The van der Waals surface area contributed by atoms with E-state index in [-0.39, 0.29) is 24.3 Å². The quantitative estimate of drug-likeness (QED) is 0.580. The molecule has 0 atom stereocenters. The fourth-order valence-corrected chi connectivity index (χ4v) is 2.82. The van der Waals surface area contributed by atoms with Crippen LogP contribution < -0.4 is 9.47 Å². The number of ether oxygens (including phenoxy) is 2. The van der Waals surface area contributed by atoms with Gasteiger partial charge in [0.2, 0.25) is 0 Å². The number of halogens is 1. The van der Waals surface area contributed by atoms with Crippen LogP contribution in [0.5, 0.6) is 11.5 Å². The Hall–Kier alpha value is -1.26. The Bertz CT molecular complexity index is 525. The summed E-state index contributed by atoms with van der Waals surface area (Å²) < 4.78 is 11.3. The average Bonchev–Trinajstić information content (AvgIpc) is 2.93. The predicted octanol–water partition coefficient (Wildman–Crippen LogP) is 3.94. The van der Waals surface area contributed by atoms with Gasteiger partial charge < -0.3 is 9.47 Å². The molecule has 0 bridgehead atoms. The highest BCUT2D eigenvalue weighted by atomic mass is 35.5. The van der Waals surface area contributed by atoms with Crippen molar-refractivity contribution in [1.82, 2.24) is 4.90 Å². The molecular formula is C18H28ClNO3. The molecule has 1 aromatic rings. The molecule has 0 amide bonds. The number of esters is 1. The van der Waals surface area contributed by atoms with Crippen molar-refractivity contribution in [2.75, 3.05) is 26.2 Å². The van der Waals surface area contributed by atoms with E-state index in [1.807, 2.05) is 19.1 Å². The van der Waals surface area contributed by atoms with E-state index in [1.54, 1.807) is 0 Å². The number of carbonyl (C=O) groups excluding carboxylic acids is 1. The molecule has 2 rings (SSSR count). The van der Waals surface area contributed by atoms with Crippen molar-refractivity contribution in [3.05, 3.63) is 23.3 Å². The molecule has 1 aromatic carbocycles. The number of rotatable bonds is 6. The first kappa shape index (κ1) is 19.8. The Morgan fingerprint density at radius 3 is 2.43 bits per heavy atom. The molecule has 1 fully saturated rings. The van der Waals surface area contributed by atoms with Crippen LogP contribution in [0.2, 0.25) is 0 Å². The molecule has 1 aliphatic heterocycles. The number of hydrogen-bond acceptors (Lipinski definition) is 4. The first-order valence-corrected chi connectivity index (χ1v) is 8.15. The molecule has 0 aromatic heterocycles. The summed E-state index contributed by atoms with van der Waals surface area (Å²) in [4.78, 5) is 13.7. The van der Waals surface area contributed by atoms with Crippen molar-refractivity contribution in [2.24, 2.45) is 0 Å². The zero-order valence-electron chi connectivity index (χ0n) is 14.6. The first-order chi connectivity index (χ1) is 10.5. The summed E-state index contributed by atoms with van der Waals surface area (Å²) in [6.07, 6.45) is 2.60. The predicted molar refractivity (Wildman–Crippen MR) is 95.0 cm³/mol. The second kappa shape index (κ2) is 9.14. The van der Waals surface area contributed by atoms with Crippen LogP contribution in [0.1, 0.15) is 50.7 Å². The Morgan fingerprint density at radius 1 is 1.22 bits per heavy atom. The molecule has 23 heavy (non-hydrogen) atoms. The average molecular weight is 342 g/mol. The highest BCUT2D eigenvalue weighted by Gasteiger charge is 2.15. The summed E-state index contributed by atoms with van der Waals surface area (Å²) in [7, 11) is 0. The van der Waals surface area contributed by atoms with Gasteiger partial charge in [-0.2, -0.15) is 0 Å². The number of benzene rings is 1. The third-order valence-electron chi connectivity index (χ3n) is 4.05. The molecular weight excluding hydrogens is 314 g/mol. The van der Waals surface area contributed by atoms with Crippen LogP contribution in [0.15, 0.2) is 12.1 Å². The van der Waals surface area contributed by atoms with E-state index in [1.165, 1.54) is 32.9 Å². The standard InChI is InChI=1S/C18H27NO3.ClH/c1-13(2)16-12-17(14(3)11-18(16)22-15(4)20)21-10-9-19-7-5-6-8-19;/h11-13H,5-10H2,1-4H3;1H. The van der Waals surface area contributed by atoms with Crippen molar-refractivity contribution >= 4 is 18.4 Å². The van der Waals surface area contributed by atoms with E-state index in [0.717, 1.165) is 23.4 Å². The van der Waals surface area contributed by atoms with E-state index in [4.69, 9.17) is 9.47 Å². The molecule has 1 aliphatic rings. The zero-order chi connectivity index (χ0) is 16.1. The maximum Gasteiger partial charge on any atom is 0.308 e. The van der Waals surface area contributed by atoms with Gasteiger partial charge in [-0.1, -0.05) is 13.8 Å². The number of nitrogens with zero attached hydrogens (tertiary/aromatic N) is 1. The minimum absolute atomic E-state index is 0. The molecule has 4 nitrogen and oxygen atoms in total. The maximum atomic E-state index is 11.2. The lowest BCUT2D eigenvalue weighted by Gasteiger charge is -2.19. The molecule has 0 aliphatic carbocycles. The number of aryl methyl sites for hydroxylation is 1. The van der Waals surface area contributed by atoms with Crippen LogP contribution in [-0.2, 0) is 4.79 Å². The number of likely N-dealkylation sites (tertiary alicyclic amines) is 1. The van der Waals surface area contributed by atoms with Gasteiger partial charge in [-0.25, -0.2) is 0 Å². The van der Waals surface area contributed by atoms with Crippen LogP contribution >= 0.6 is 12.4 Å². The normalized spacial score (nSPS) is 14.7.